The summed E-state index contributed by atoms with van der Waals surface area (Å²) in [7, 11) is 0. The summed E-state index contributed by atoms with van der Waals surface area (Å²) in [5.74, 6) is -1.23. The molecule has 0 N–H and O–H groups in total. The normalized spacial score (nSPS) is 18.8. The number of carbonyl (C=O) groups is 2. The van der Waals surface area contributed by atoms with E-state index in [0.717, 1.165) is 50.9 Å². The van der Waals surface area contributed by atoms with Crippen molar-refractivity contribution in [3.05, 3.63) is 65.2 Å². The van der Waals surface area contributed by atoms with Crippen molar-refractivity contribution in [3.63, 3.8) is 0 Å². The van der Waals surface area contributed by atoms with Gasteiger partial charge in [-0.3, -0.25) is 9.59 Å². The fraction of sp³-hybridized carbons (Fsp3) is 0.417. The van der Waals surface area contributed by atoms with Gasteiger partial charge in [-0.25, -0.2) is 8.78 Å². The Bertz CT molecular complexity index is 960. The first-order valence-electron chi connectivity index (χ1n) is 10.8. The van der Waals surface area contributed by atoms with Gasteiger partial charge in [0.15, 0.2) is 0 Å². The van der Waals surface area contributed by atoms with Crippen molar-refractivity contribution in [1.82, 2.24) is 9.80 Å². The van der Waals surface area contributed by atoms with E-state index in [-0.39, 0.29) is 17.4 Å². The number of nitrogens with zero attached hydrogens (tertiary/aromatic N) is 2. The third-order valence-electron chi connectivity index (χ3n) is 5.93. The molecule has 0 saturated carbocycles. The Hall–Kier alpha value is -2.96. The zero-order chi connectivity index (χ0) is 21.8. The zero-order valence-electron chi connectivity index (χ0n) is 17.4. The average molecular weight is 428 g/mol. The van der Waals surface area contributed by atoms with Crippen LogP contribution in [0, 0.1) is 17.6 Å². The van der Waals surface area contributed by atoms with Crippen LogP contribution in [0.1, 0.15) is 46.4 Å². The first kappa shape index (κ1) is 21.3. The quantitative estimate of drug-likeness (QED) is 0.720. The van der Waals surface area contributed by atoms with E-state index in [0.29, 0.717) is 31.0 Å². The smallest absolute Gasteiger partial charge is 0.256 e. The van der Waals surface area contributed by atoms with Gasteiger partial charge in [-0.2, -0.15) is 0 Å². The van der Waals surface area contributed by atoms with Crippen LogP contribution in [-0.2, 0) is 0 Å². The topological polar surface area (TPSA) is 49.9 Å². The van der Waals surface area contributed by atoms with Gasteiger partial charge >= 0.3 is 0 Å². The molecule has 0 radical (unpaired) electrons. The molecule has 1 atom stereocenters. The summed E-state index contributed by atoms with van der Waals surface area (Å²) in [5.41, 5.74) is 0.503. The minimum absolute atomic E-state index is 0.0266. The number of hydrogen-bond donors (Lipinski definition) is 0. The van der Waals surface area contributed by atoms with E-state index in [1.54, 1.807) is 17.0 Å². The van der Waals surface area contributed by atoms with Gasteiger partial charge in [0.1, 0.15) is 17.4 Å². The molecule has 2 aromatic rings. The van der Waals surface area contributed by atoms with Crippen LogP contribution in [0.15, 0.2) is 42.5 Å². The third kappa shape index (κ3) is 5.03. The highest BCUT2D eigenvalue weighted by Gasteiger charge is 2.27. The van der Waals surface area contributed by atoms with Crippen LogP contribution >= 0.6 is 0 Å². The Labute approximate surface area is 180 Å². The van der Waals surface area contributed by atoms with Crippen LogP contribution in [0.25, 0.3) is 0 Å². The highest BCUT2D eigenvalue weighted by atomic mass is 19.1. The van der Waals surface area contributed by atoms with Crippen molar-refractivity contribution >= 4 is 11.8 Å². The average Bonchev–Trinajstić information content (AvgIpc) is 3.32. The summed E-state index contributed by atoms with van der Waals surface area (Å²) in [6.07, 6.45) is 3.76. The lowest BCUT2D eigenvalue weighted by Crippen LogP contribution is -2.41. The maximum absolute atomic E-state index is 14.0. The third-order valence-corrected chi connectivity index (χ3v) is 5.93. The van der Waals surface area contributed by atoms with E-state index in [4.69, 9.17) is 4.74 Å². The molecular weight excluding hydrogens is 402 g/mol. The molecule has 2 aliphatic rings. The number of carbonyl (C=O) groups excluding carboxylic acids is 2. The first-order chi connectivity index (χ1) is 15.0. The fourth-order valence-corrected chi connectivity index (χ4v) is 4.25. The number of ether oxygens (including phenoxy) is 1. The van der Waals surface area contributed by atoms with E-state index < -0.39 is 17.5 Å². The van der Waals surface area contributed by atoms with E-state index in [1.165, 1.54) is 6.07 Å². The number of piperidine rings is 1. The minimum Gasteiger partial charge on any atom is -0.493 e. The van der Waals surface area contributed by atoms with Crippen molar-refractivity contribution in [2.75, 3.05) is 32.8 Å². The summed E-state index contributed by atoms with van der Waals surface area (Å²) in [6, 6.07) is 10.2. The number of benzene rings is 2. The van der Waals surface area contributed by atoms with Crippen LogP contribution in [0.2, 0.25) is 0 Å². The number of likely N-dealkylation sites (tertiary alicyclic amines) is 2. The van der Waals surface area contributed by atoms with Gasteiger partial charge < -0.3 is 14.5 Å². The van der Waals surface area contributed by atoms with E-state index >= 15 is 0 Å². The predicted octanol–water partition coefficient (Wildman–Crippen LogP) is 4.13. The molecule has 2 aliphatic heterocycles. The molecule has 31 heavy (non-hydrogen) atoms. The number of hydrogen-bond acceptors (Lipinski definition) is 3. The van der Waals surface area contributed by atoms with Crippen LogP contribution in [-0.4, -0.2) is 54.4 Å². The van der Waals surface area contributed by atoms with Crippen LogP contribution in [0.4, 0.5) is 8.78 Å². The second-order valence-corrected chi connectivity index (χ2v) is 8.22. The fourth-order valence-electron chi connectivity index (χ4n) is 4.25. The Morgan fingerprint density at radius 3 is 2.48 bits per heavy atom. The molecular formula is C24H26F2N2O3. The molecule has 2 fully saturated rings. The number of amides is 2. The Balaban J connectivity index is 1.35. The van der Waals surface area contributed by atoms with Crippen LogP contribution in [0.5, 0.6) is 5.75 Å². The predicted molar refractivity (Wildman–Crippen MR) is 112 cm³/mol. The standard InChI is InChI=1S/C24H26F2N2O3/c25-19-8-9-21(22(26)14-19)24(30)28-12-4-5-17(15-28)16-31-20-7-3-6-18(13-20)23(29)27-10-1-2-11-27/h3,6-9,13-14,17H,1-2,4-5,10-12,15-16H2. The minimum atomic E-state index is -0.845. The molecule has 2 heterocycles. The van der Waals surface area contributed by atoms with Crippen molar-refractivity contribution in [1.29, 1.82) is 0 Å². The van der Waals surface area contributed by atoms with E-state index in [2.05, 4.69) is 0 Å². The Morgan fingerprint density at radius 2 is 1.71 bits per heavy atom. The summed E-state index contributed by atoms with van der Waals surface area (Å²) < 4.78 is 33.1. The second kappa shape index (κ2) is 9.45. The molecule has 2 amide bonds. The molecule has 0 bridgehead atoms. The second-order valence-electron chi connectivity index (χ2n) is 8.22. The molecule has 0 aliphatic carbocycles. The lowest BCUT2D eigenvalue weighted by molar-refractivity contribution is 0.0627. The lowest BCUT2D eigenvalue weighted by atomic mass is 9.98. The molecule has 1 unspecified atom stereocenters. The lowest BCUT2D eigenvalue weighted by Gasteiger charge is -2.32. The highest BCUT2D eigenvalue weighted by Crippen LogP contribution is 2.23. The van der Waals surface area contributed by atoms with Gasteiger partial charge in [0, 0.05) is 43.7 Å². The van der Waals surface area contributed by atoms with Gasteiger partial charge in [0.05, 0.1) is 12.2 Å². The molecule has 164 valence electrons. The monoisotopic (exact) mass is 428 g/mol. The number of halogens is 2. The molecule has 2 aromatic carbocycles. The summed E-state index contributed by atoms with van der Waals surface area (Å²) >= 11 is 0. The maximum atomic E-state index is 14.0. The highest BCUT2D eigenvalue weighted by molar-refractivity contribution is 5.95. The van der Waals surface area contributed by atoms with E-state index in [1.807, 2.05) is 17.0 Å². The Morgan fingerprint density at radius 1 is 0.935 bits per heavy atom. The summed E-state index contributed by atoms with van der Waals surface area (Å²) in [6.45, 7) is 2.97. The largest absolute Gasteiger partial charge is 0.493 e. The Kier molecular flexibility index (Phi) is 6.49. The first-order valence-corrected chi connectivity index (χ1v) is 10.8. The molecule has 0 aromatic heterocycles. The molecule has 7 heteroatoms. The van der Waals surface area contributed by atoms with Crippen molar-refractivity contribution in [2.24, 2.45) is 5.92 Å². The molecule has 2 saturated heterocycles. The molecule has 4 rings (SSSR count). The SMILES string of the molecule is O=C(c1cccc(OCC2CCCN(C(=O)c3ccc(F)cc3F)C2)c1)N1CCCC1. The molecule has 0 spiro atoms. The van der Waals surface area contributed by atoms with Crippen LogP contribution in [0.3, 0.4) is 0 Å². The van der Waals surface area contributed by atoms with Gasteiger partial charge in [-0.05, 0) is 56.0 Å². The summed E-state index contributed by atoms with van der Waals surface area (Å²) in [5, 5.41) is 0. The van der Waals surface area contributed by atoms with Gasteiger partial charge in [-0.15, -0.1) is 0 Å². The zero-order valence-corrected chi connectivity index (χ0v) is 17.4. The van der Waals surface area contributed by atoms with Gasteiger partial charge in [0.25, 0.3) is 11.8 Å². The number of rotatable bonds is 5. The van der Waals surface area contributed by atoms with Crippen molar-refractivity contribution < 1.29 is 23.1 Å². The summed E-state index contributed by atoms with van der Waals surface area (Å²) in [4.78, 5) is 28.7. The molecule has 5 nitrogen and oxygen atoms in total. The van der Waals surface area contributed by atoms with Crippen molar-refractivity contribution in [3.8, 4) is 5.75 Å². The van der Waals surface area contributed by atoms with E-state index in [9.17, 15) is 18.4 Å². The van der Waals surface area contributed by atoms with Crippen LogP contribution < -0.4 is 4.74 Å². The van der Waals surface area contributed by atoms with Crippen molar-refractivity contribution in [2.45, 2.75) is 25.7 Å². The van der Waals surface area contributed by atoms with Gasteiger partial charge in [-0.1, -0.05) is 6.07 Å². The van der Waals surface area contributed by atoms with Gasteiger partial charge in [0.2, 0.25) is 0 Å². The maximum Gasteiger partial charge on any atom is 0.256 e.